The number of hydrogen-bond donors (Lipinski definition) is 1. The van der Waals surface area contributed by atoms with Gasteiger partial charge in [0.1, 0.15) is 6.61 Å². The van der Waals surface area contributed by atoms with Crippen molar-refractivity contribution in [1.29, 1.82) is 0 Å². The summed E-state index contributed by atoms with van der Waals surface area (Å²) in [5.74, 6) is -0.553. The van der Waals surface area contributed by atoms with E-state index in [4.69, 9.17) is 24.7 Å². The molecule has 0 amide bonds. The van der Waals surface area contributed by atoms with Crippen molar-refractivity contribution in [3.63, 3.8) is 0 Å². The van der Waals surface area contributed by atoms with E-state index in [0.29, 0.717) is 38.7 Å². The molecule has 0 saturated carbocycles. The van der Waals surface area contributed by atoms with Crippen molar-refractivity contribution in [3.8, 4) is 0 Å². The van der Waals surface area contributed by atoms with Crippen LogP contribution in [0.25, 0.3) is 0 Å². The second-order valence-corrected chi connectivity index (χ2v) is 3.79. The summed E-state index contributed by atoms with van der Waals surface area (Å²) in [6.45, 7) is 2.45. The molecule has 0 atom stereocenters. The lowest BCUT2D eigenvalue weighted by Crippen LogP contribution is -2.15. The Bertz CT molecular complexity index is 400. The third kappa shape index (κ3) is 6.46. The molecule has 2 N–H and O–H groups in total. The number of pyridine rings is 1. The number of nitrogen functional groups attached to an aromatic ring is 1. The number of carbonyl (C=O) groups excluding carboxylic acids is 1. The van der Waals surface area contributed by atoms with Crippen LogP contribution in [0.3, 0.4) is 0 Å². The second-order valence-electron chi connectivity index (χ2n) is 3.79. The van der Waals surface area contributed by atoms with Gasteiger partial charge in [-0.15, -0.1) is 0 Å². The lowest BCUT2D eigenvalue weighted by molar-refractivity contribution is 0.00553. The fourth-order valence-electron chi connectivity index (χ4n) is 1.31. The molecule has 0 aliphatic heterocycles. The number of nitrogens with zero attached hydrogens (tertiary/aromatic N) is 1. The molecule has 0 aliphatic carbocycles. The van der Waals surface area contributed by atoms with Crippen LogP contribution in [0, 0.1) is 0 Å². The summed E-state index contributed by atoms with van der Waals surface area (Å²) in [5.41, 5.74) is 6.03. The van der Waals surface area contributed by atoms with Gasteiger partial charge in [-0.05, 0) is 12.1 Å². The molecule has 0 aromatic carbocycles. The van der Waals surface area contributed by atoms with Gasteiger partial charge >= 0.3 is 5.97 Å². The van der Waals surface area contributed by atoms with Gasteiger partial charge in [0.25, 0.3) is 0 Å². The predicted molar refractivity (Wildman–Crippen MR) is 72.4 cm³/mol. The molecule has 112 valence electrons. The van der Waals surface area contributed by atoms with Crippen LogP contribution in [0.5, 0.6) is 0 Å². The highest BCUT2D eigenvalue weighted by Crippen LogP contribution is 2.07. The summed E-state index contributed by atoms with van der Waals surface area (Å²) in [6, 6.07) is 3.25. The van der Waals surface area contributed by atoms with Gasteiger partial charge in [0.15, 0.2) is 5.69 Å². The number of hydrogen-bond acceptors (Lipinski definition) is 7. The van der Waals surface area contributed by atoms with Crippen molar-refractivity contribution in [1.82, 2.24) is 4.98 Å². The first kappa shape index (κ1) is 16.4. The molecule has 0 radical (unpaired) electrons. The fraction of sp³-hybridized carbons (Fsp3) is 0.538. The number of anilines is 1. The lowest BCUT2D eigenvalue weighted by atomic mass is 10.3. The van der Waals surface area contributed by atoms with Crippen molar-refractivity contribution >= 4 is 11.7 Å². The third-order valence-electron chi connectivity index (χ3n) is 2.30. The van der Waals surface area contributed by atoms with Crippen LogP contribution in [-0.4, -0.2) is 57.7 Å². The predicted octanol–water partition coefficient (Wildman–Crippen LogP) is 0.500. The average Bonchev–Trinajstić information content (AvgIpc) is 2.46. The maximum absolute atomic E-state index is 11.6. The zero-order valence-electron chi connectivity index (χ0n) is 11.5. The van der Waals surface area contributed by atoms with Gasteiger partial charge in [0.05, 0.1) is 38.7 Å². The molecule has 7 heteroatoms. The SMILES string of the molecule is COCCOCCOCCOC(=O)c1ncccc1N. The van der Waals surface area contributed by atoms with Crippen molar-refractivity contribution in [2.75, 3.05) is 52.5 Å². The summed E-state index contributed by atoms with van der Waals surface area (Å²) < 4.78 is 20.3. The minimum Gasteiger partial charge on any atom is -0.458 e. The first-order valence-electron chi connectivity index (χ1n) is 6.27. The maximum Gasteiger partial charge on any atom is 0.359 e. The Morgan fingerprint density at radius 2 is 1.80 bits per heavy atom. The number of aromatic nitrogens is 1. The number of nitrogens with two attached hydrogens (primary N) is 1. The standard InChI is InChI=1S/C13H20N2O5/c1-17-5-6-18-7-8-19-9-10-20-13(16)12-11(14)3-2-4-15-12/h2-4H,5-10,14H2,1H3. The minimum absolute atomic E-state index is 0.121. The van der Waals surface area contributed by atoms with Crippen molar-refractivity contribution < 1.29 is 23.7 Å². The number of methoxy groups -OCH3 is 1. The number of ether oxygens (including phenoxy) is 4. The molecule has 1 rings (SSSR count). The van der Waals surface area contributed by atoms with Crippen LogP contribution in [0.1, 0.15) is 10.5 Å². The Morgan fingerprint density at radius 3 is 2.45 bits per heavy atom. The molecule has 1 heterocycles. The zero-order chi connectivity index (χ0) is 14.6. The van der Waals surface area contributed by atoms with Gasteiger partial charge in [-0.1, -0.05) is 0 Å². The van der Waals surface area contributed by atoms with E-state index in [1.54, 1.807) is 19.2 Å². The van der Waals surface area contributed by atoms with Crippen LogP contribution in [0.4, 0.5) is 5.69 Å². The Kier molecular flexibility index (Phi) is 8.28. The van der Waals surface area contributed by atoms with Crippen LogP contribution in [-0.2, 0) is 18.9 Å². The first-order valence-corrected chi connectivity index (χ1v) is 6.27. The monoisotopic (exact) mass is 284 g/mol. The van der Waals surface area contributed by atoms with E-state index < -0.39 is 5.97 Å². The molecule has 0 bridgehead atoms. The Morgan fingerprint density at radius 1 is 1.15 bits per heavy atom. The minimum atomic E-state index is -0.553. The highest BCUT2D eigenvalue weighted by Gasteiger charge is 2.11. The summed E-state index contributed by atoms with van der Waals surface area (Å²) in [6.07, 6.45) is 1.49. The Hall–Kier alpha value is -1.70. The fourth-order valence-corrected chi connectivity index (χ4v) is 1.31. The van der Waals surface area contributed by atoms with Crippen molar-refractivity contribution in [2.45, 2.75) is 0 Å². The van der Waals surface area contributed by atoms with E-state index in [9.17, 15) is 4.79 Å². The number of rotatable bonds is 10. The molecular formula is C13H20N2O5. The molecule has 0 aliphatic rings. The molecule has 0 fully saturated rings. The summed E-state index contributed by atoms with van der Waals surface area (Å²) in [7, 11) is 1.61. The summed E-state index contributed by atoms with van der Waals surface area (Å²) >= 11 is 0. The third-order valence-corrected chi connectivity index (χ3v) is 2.30. The van der Waals surface area contributed by atoms with E-state index in [0.717, 1.165) is 0 Å². The van der Waals surface area contributed by atoms with Crippen LogP contribution < -0.4 is 5.73 Å². The smallest absolute Gasteiger partial charge is 0.359 e. The van der Waals surface area contributed by atoms with E-state index in [-0.39, 0.29) is 12.3 Å². The summed E-state index contributed by atoms with van der Waals surface area (Å²) in [4.78, 5) is 15.5. The second kappa shape index (κ2) is 10.1. The van der Waals surface area contributed by atoms with E-state index in [1.165, 1.54) is 6.20 Å². The average molecular weight is 284 g/mol. The van der Waals surface area contributed by atoms with E-state index in [1.807, 2.05) is 0 Å². The molecule has 7 nitrogen and oxygen atoms in total. The molecule has 0 unspecified atom stereocenters. The quantitative estimate of drug-likeness (QED) is 0.494. The van der Waals surface area contributed by atoms with Crippen LogP contribution in [0.2, 0.25) is 0 Å². The molecule has 20 heavy (non-hydrogen) atoms. The van der Waals surface area contributed by atoms with Crippen molar-refractivity contribution in [3.05, 3.63) is 24.0 Å². The first-order chi connectivity index (χ1) is 9.75. The zero-order valence-corrected chi connectivity index (χ0v) is 11.5. The van der Waals surface area contributed by atoms with Gasteiger partial charge in [-0.2, -0.15) is 0 Å². The highest BCUT2D eigenvalue weighted by molar-refractivity contribution is 5.92. The van der Waals surface area contributed by atoms with Crippen LogP contribution in [0.15, 0.2) is 18.3 Å². The topological polar surface area (TPSA) is 92.9 Å². The molecule has 1 aromatic heterocycles. The lowest BCUT2D eigenvalue weighted by Gasteiger charge is -2.07. The van der Waals surface area contributed by atoms with Crippen LogP contribution >= 0.6 is 0 Å². The Balaban J connectivity index is 2.04. The Labute approximate surface area is 118 Å². The van der Waals surface area contributed by atoms with Gasteiger partial charge in [0.2, 0.25) is 0 Å². The van der Waals surface area contributed by atoms with E-state index >= 15 is 0 Å². The van der Waals surface area contributed by atoms with Gasteiger partial charge in [0, 0.05) is 13.3 Å². The number of carbonyl (C=O) groups is 1. The normalized spacial score (nSPS) is 10.4. The maximum atomic E-state index is 11.6. The largest absolute Gasteiger partial charge is 0.458 e. The summed E-state index contributed by atoms with van der Waals surface area (Å²) in [5, 5.41) is 0. The van der Waals surface area contributed by atoms with Crippen molar-refractivity contribution in [2.24, 2.45) is 0 Å². The van der Waals surface area contributed by atoms with Gasteiger partial charge < -0.3 is 24.7 Å². The highest BCUT2D eigenvalue weighted by atomic mass is 16.6. The van der Waals surface area contributed by atoms with Gasteiger partial charge in [-0.3, -0.25) is 0 Å². The van der Waals surface area contributed by atoms with E-state index in [2.05, 4.69) is 4.98 Å². The molecular weight excluding hydrogens is 264 g/mol. The number of esters is 1. The molecule has 0 spiro atoms. The molecule has 1 aromatic rings. The van der Waals surface area contributed by atoms with Gasteiger partial charge in [-0.25, -0.2) is 9.78 Å². The molecule has 0 saturated heterocycles.